The Labute approximate surface area is 305 Å². The first-order chi connectivity index (χ1) is 26.2. The highest BCUT2D eigenvalue weighted by Gasteiger charge is 2.40. The molecular weight excluding hydrogens is 649 g/mol. The Morgan fingerprint density at radius 2 is 1.06 bits per heavy atom. The molecule has 0 fully saturated rings. The van der Waals surface area contributed by atoms with Crippen molar-refractivity contribution in [1.82, 2.24) is 4.57 Å². The minimum atomic E-state index is -0.285. The third kappa shape index (κ3) is 4.19. The summed E-state index contributed by atoms with van der Waals surface area (Å²) >= 11 is 0. The number of furan rings is 1. The van der Waals surface area contributed by atoms with Crippen LogP contribution in [0.15, 0.2) is 174 Å². The zero-order valence-electron chi connectivity index (χ0n) is 28.4. The van der Waals surface area contributed by atoms with Crippen LogP contribution in [0, 0.1) is 0 Å². The van der Waals surface area contributed by atoms with Gasteiger partial charge in [0.15, 0.2) is 0 Å². The molecule has 0 unspecified atom stereocenters. The molecule has 0 atom stereocenters. The van der Waals surface area contributed by atoms with Gasteiger partial charge in [-0.25, -0.2) is 0 Å². The minimum Gasteiger partial charge on any atom is -0.551 e. The van der Waals surface area contributed by atoms with Crippen LogP contribution in [-0.4, -0.2) is 11.5 Å². The van der Waals surface area contributed by atoms with E-state index in [2.05, 4.69) is 156 Å². The summed E-state index contributed by atoms with van der Waals surface area (Å²) in [5.74, 6) is 2.52. The van der Waals surface area contributed by atoms with E-state index in [-0.39, 0.29) is 6.92 Å². The summed E-state index contributed by atoms with van der Waals surface area (Å²) in [6, 6.07) is 60.0. The summed E-state index contributed by atoms with van der Waals surface area (Å²) in [4.78, 5) is 0. The monoisotopic (exact) mass is 677 g/mol. The van der Waals surface area contributed by atoms with Crippen LogP contribution in [0.25, 0.3) is 82.8 Å². The lowest BCUT2D eigenvalue weighted by molar-refractivity contribution is 0.479. The first kappa shape index (κ1) is 28.7. The molecule has 4 heterocycles. The van der Waals surface area contributed by atoms with E-state index < -0.39 is 0 Å². The highest BCUT2D eigenvalue weighted by atomic mass is 16.5. The molecule has 246 valence electrons. The third-order valence-corrected chi connectivity index (χ3v) is 11.1. The molecule has 2 aromatic heterocycles. The van der Waals surface area contributed by atoms with Crippen molar-refractivity contribution in [3.05, 3.63) is 170 Å². The van der Waals surface area contributed by atoms with Crippen molar-refractivity contribution in [3.8, 4) is 56.3 Å². The number of fused-ring (bicyclic) bond motifs is 10. The lowest BCUT2D eigenvalue weighted by Gasteiger charge is -2.33. The normalized spacial score (nSPS) is 12.8. The van der Waals surface area contributed by atoms with Crippen molar-refractivity contribution in [3.63, 3.8) is 0 Å². The van der Waals surface area contributed by atoms with Gasteiger partial charge in [-0.15, -0.1) is 0 Å². The highest BCUT2D eigenvalue weighted by Crippen LogP contribution is 2.42. The number of aromatic nitrogens is 1. The van der Waals surface area contributed by atoms with Gasteiger partial charge in [0, 0.05) is 43.7 Å². The quantitative estimate of drug-likeness (QED) is 0.175. The number of hydrogen-bond acceptors (Lipinski definition) is 3. The van der Waals surface area contributed by atoms with Crippen LogP contribution in [0.2, 0.25) is 0 Å². The average molecular weight is 678 g/mol. The zero-order chi connectivity index (χ0) is 34.6. The third-order valence-electron chi connectivity index (χ3n) is 11.1. The molecule has 5 heteroatoms. The Kier molecular flexibility index (Phi) is 5.83. The van der Waals surface area contributed by atoms with Crippen molar-refractivity contribution in [2.75, 3.05) is 0 Å². The SMILES string of the molecule is c1cc2c3c(c1)-c1cc(-c4ccc5c(c4)oc4ccccc45)ccc1OB3c1cc(-c3ccc(-n4c5ccccc5c5ccccc54)cc3)ccc1O2. The number of nitrogens with zero attached hydrogens (tertiary/aromatic N) is 1. The number of ether oxygens (including phenoxy) is 1. The van der Waals surface area contributed by atoms with Gasteiger partial charge in [0.25, 0.3) is 0 Å². The molecular formula is C48H28BNO3. The molecule has 0 aliphatic carbocycles. The van der Waals surface area contributed by atoms with Gasteiger partial charge in [-0.3, -0.25) is 0 Å². The number of hydrogen-bond donors (Lipinski definition) is 0. The van der Waals surface area contributed by atoms with Crippen molar-refractivity contribution in [2.24, 2.45) is 0 Å². The zero-order valence-corrected chi connectivity index (χ0v) is 28.4. The van der Waals surface area contributed by atoms with Crippen molar-refractivity contribution in [1.29, 1.82) is 0 Å². The fraction of sp³-hybridized carbons (Fsp3) is 0. The molecule has 0 bridgehead atoms. The van der Waals surface area contributed by atoms with Crippen molar-refractivity contribution in [2.45, 2.75) is 0 Å². The summed E-state index contributed by atoms with van der Waals surface area (Å²) in [6.45, 7) is -0.285. The molecule has 2 aliphatic rings. The predicted molar refractivity (Wildman–Crippen MR) is 217 cm³/mol. The van der Waals surface area contributed by atoms with Gasteiger partial charge in [-0.1, -0.05) is 103 Å². The largest absolute Gasteiger partial charge is 0.551 e. The van der Waals surface area contributed by atoms with E-state index in [1.54, 1.807) is 0 Å². The highest BCUT2D eigenvalue weighted by molar-refractivity contribution is 6.84. The number of para-hydroxylation sites is 3. The maximum atomic E-state index is 6.91. The minimum absolute atomic E-state index is 0.285. The number of rotatable bonds is 3. The van der Waals surface area contributed by atoms with Crippen LogP contribution < -0.4 is 20.3 Å². The molecule has 53 heavy (non-hydrogen) atoms. The maximum Gasteiger partial charge on any atom is 0.434 e. The summed E-state index contributed by atoms with van der Waals surface area (Å²) in [7, 11) is 0. The van der Waals surface area contributed by atoms with Crippen LogP contribution in [-0.2, 0) is 0 Å². The van der Waals surface area contributed by atoms with Gasteiger partial charge < -0.3 is 18.4 Å². The molecule has 0 N–H and O–H groups in total. The van der Waals surface area contributed by atoms with Crippen LogP contribution in [0.5, 0.6) is 17.2 Å². The van der Waals surface area contributed by atoms with Crippen LogP contribution in [0.3, 0.4) is 0 Å². The van der Waals surface area contributed by atoms with E-state index >= 15 is 0 Å². The van der Waals surface area contributed by atoms with Gasteiger partial charge in [0.1, 0.15) is 28.4 Å². The molecule has 0 saturated heterocycles. The summed E-state index contributed by atoms with van der Waals surface area (Å²) in [5, 5.41) is 4.78. The molecule has 10 aromatic rings. The van der Waals surface area contributed by atoms with Gasteiger partial charge in [-0.2, -0.15) is 0 Å². The topological polar surface area (TPSA) is 36.5 Å². The summed E-state index contributed by atoms with van der Waals surface area (Å²) in [6.07, 6.45) is 0. The Bertz CT molecular complexity index is 3080. The van der Waals surface area contributed by atoms with Crippen LogP contribution >= 0.6 is 0 Å². The maximum absolute atomic E-state index is 6.91. The van der Waals surface area contributed by atoms with E-state index in [1.807, 2.05) is 18.2 Å². The van der Waals surface area contributed by atoms with Crippen molar-refractivity contribution < 1.29 is 13.8 Å². The van der Waals surface area contributed by atoms with Crippen LogP contribution in [0.4, 0.5) is 0 Å². The van der Waals surface area contributed by atoms with Crippen LogP contribution in [0.1, 0.15) is 0 Å². The van der Waals surface area contributed by atoms with Gasteiger partial charge in [0.05, 0.1) is 11.0 Å². The Morgan fingerprint density at radius 1 is 0.415 bits per heavy atom. The second-order valence-corrected chi connectivity index (χ2v) is 14.0. The summed E-state index contributed by atoms with van der Waals surface area (Å²) < 4.78 is 22.1. The predicted octanol–water partition coefficient (Wildman–Crippen LogP) is 11.3. The molecule has 12 rings (SSSR count). The van der Waals surface area contributed by atoms with Crippen molar-refractivity contribution >= 4 is 61.6 Å². The van der Waals surface area contributed by atoms with Gasteiger partial charge in [0.2, 0.25) is 0 Å². The molecule has 4 nitrogen and oxygen atoms in total. The second-order valence-electron chi connectivity index (χ2n) is 14.0. The molecule has 0 radical (unpaired) electrons. The van der Waals surface area contributed by atoms with E-state index in [1.165, 1.54) is 21.8 Å². The molecule has 8 aromatic carbocycles. The Hall–Kier alpha value is -6.98. The molecule has 2 aliphatic heterocycles. The fourth-order valence-corrected chi connectivity index (χ4v) is 8.62. The number of benzene rings is 8. The van der Waals surface area contributed by atoms with Gasteiger partial charge >= 0.3 is 6.92 Å². The van der Waals surface area contributed by atoms with E-state index in [0.717, 1.165) is 89.2 Å². The van der Waals surface area contributed by atoms with E-state index in [0.29, 0.717) is 0 Å². The molecule has 0 spiro atoms. The average Bonchev–Trinajstić information content (AvgIpc) is 3.76. The first-order valence-electron chi connectivity index (χ1n) is 18.0. The standard InChI is InChI=1S/C48H28BNO3/c1-4-12-41-34(8-1)35-9-2-5-13-42(35)50(41)33-21-16-29(17-22-33)31-20-25-45-40(27-31)49-48-38(11-7-15-46(48)52-45)39-26-30(19-24-44(39)53-49)32-18-23-37-36-10-3-6-14-43(36)51-47(37)28-32/h1-28H. The summed E-state index contributed by atoms with van der Waals surface area (Å²) in [5.41, 5.74) is 14.1. The lowest BCUT2D eigenvalue weighted by Crippen LogP contribution is -2.53. The van der Waals surface area contributed by atoms with E-state index in [4.69, 9.17) is 13.8 Å². The van der Waals surface area contributed by atoms with E-state index in [9.17, 15) is 0 Å². The Morgan fingerprint density at radius 3 is 1.87 bits per heavy atom. The molecule has 0 amide bonds. The molecule has 0 saturated carbocycles. The Balaban J connectivity index is 0.911. The smallest absolute Gasteiger partial charge is 0.434 e. The fourth-order valence-electron chi connectivity index (χ4n) is 8.62. The first-order valence-corrected chi connectivity index (χ1v) is 18.0. The lowest BCUT2D eigenvalue weighted by atomic mass is 9.50. The second kappa shape index (κ2) is 10.8. The van der Waals surface area contributed by atoms with Gasteiger partial charge in [-0.05, 0) is 94.5 Å².